The van der Waals surface area contributed by atoms with Gasteiger partial charge >= 0.3 is 0 Å². The second kappa shape index (κ2) is 6.28. The van der Waals surface area contributed by atoms with Crippen LogP contribution in [0.4, 0.5) is 0 Å². The van der Waals surface area contributed by atoms with E-state index in [9.17, 15) is 0 Å². The van der Waals surface area contributed by atoms with E-state index in [-0.39, 0.29) is 0 Å². The van der Waals surface area contributed by atoms with Crippen LogP contribution in [0.5, 0.6) is 11.5 Å². The standard InChI is InChI=1S/C22H30N2O2/c1-22(2)18-5-4-17(19(22)12-18)14-24-9-7-23(8-10-24)13-16-3-6-20-21(11-16)26-15-25-20/h3-4,6,11,18-19H,5,7-10,12-15H2,1-2H3/t18-,19-/m1/s1. The van der Waals surface area contributed by atoms with Gasteiger partial charge in [-0.1, -0.05) is 31.6 Å². The Labute approximate surface area is 156 Å². The molecular weight excluding hydrogens is 324 g/mol. The normalized spacial score (nSPS) is 30.0. The average Bonchev–Trinajstić information content (AvgIpc) is 3.11. The monoisotopic (exact) mass is 354 g/mol. The second-order valence-electron chi connectivity index (χ2n) is 9.06. The fraction of sp³-hybridized carbons (Fsp3) is 0.636. The molecule has 0 unspecified atom stereocenters. The second-order valence-corrected chi connectivity index (χ2v) is 9.06. The lowest BCUT2D eigenvalue weighted by atomic mass is 9.49. The molecule has 2 bridgehead atoms. The quantitative estimate of drug-likeness (QED) is 0.773. The third-order valence-electron chi connectivity index (χ3n) is 7.30. The number of hydrogen-bond donors (Lipinski definition) is 0. The van der Waals surface area contributed by atoms with E-state index in [1.807, 2.05) is 6.07 Å². The van der Waals surface area contributed by atoms with Crippen molar-refractivity contribution < 1.29 is 9.47 Å². The van der Waals surface area contributed by atoms with Crippen molar-refractivity contribution in [1.29, 1.82) is 0 Å². The first-order valence-corrected chi connectivity index (χ1v) is 10.1. The fourth-order valence-corrected chi connectivity index (χ4v) is 5.32. The van der Waals surface area contributed by atoms with Gasteiger partial charge in [-0.05, 0) is 47.8 Å². The van der Waals surface area contributed by atoms with E-state index in [0.717, 1.165) is 43.0 Å². The summed E-state index contributed by atoms with van der Waals surface area (Å²) < 4.78 is 10.9. The zero-order valence-electron chi connectivity index (χ0n) is 16.0. The summed E-state index contributed by atoms with van der Waals surface area (Å²) in [4.78, 5) is 5.23. The third kappa shape index (κ3) is 2.84. The topological polar surface area (TPSA) is 24.9 Å². The highest BCUT2D eigenvalue weighted by Crippen LogP contribution is 2.59. The first kappa shape index (κ1) is 16.6. The van der Waals surface area contributed by atoms with E-state index in [2.05, 4.69) is 41.9 Å². The van der Waals surface area contributed by atoms with Crippen molar-refractivity contribution in [2.24, 2.45) is 17.3 Å². The van der Waals surface area contributed by atoms with Gasteiger partial charge < -0.3 is 9.47 Å². The molecule has 0 N–H and O–H groups in total. The number of piperazine rings is 1. The van der Waals surface area contributed by atoms with Crippen LogP contribution in [0.1, 0.15) is 32.3 Å². The molecule has 0 amide bonds. The molecule has 1 aromatic carbocycles. The molecule has 5 aliphatic rings. The van der Waals surface area contributed by atoms with Gasteiger partial charge in [0.05, 0.1) is 0 Å². The van der Waals surface area contributed by atoms with Gasteiger partial charge in [0.15, 0.2) is 11.5 Å². The number of hydrogen-bond acceptors (Lipinski definition) is 4. The summed E-state index contributed by atoms with van der Waals surface area (Å²) in [7, 11) is 0. The van der Waals surface area contributed by atoms with Gasteiger partial charge in [-0.25, -0.2) is 0 Å². The Balaban J connectivity index is 1.14. The van der Waals surface area contributed by atoms with E-state index in [0.29, 0.717) is 12.2 Å². The molecule has 3 aliphatic carbocycles. The van der Waals surface area contributed by atoms with Crippen molar-refractivity contribution in [2.75, 3.05) is 39.5 Å². The third-order valence-corrected chi connectivity index (χ3v) is 7.30. The molecule has 6 rings (SSSR count). The Morgan fingerprint density at radius 2 is 1.73 bits per heavy atom. The average molecular weight is 354 g/mol. The van der Waals surface area contributed by atoms with Crippen molar-refractivity contribution in [2.45, 2.75) is 33.2 Å². The first-order chi connectivity index (χ1) is 12.6. The maximum Gasteiger partial charge on any atom is 0.231 e. The summed E-state index contributed by atoms with van der Waals surface area (Å²) in [5.41, 5.74) is 3.59. The van der Waals surface area contributed by atoms with Gasteiger partial charge in [-0.3, -0.25) is 9.80 Å². The minimum atomic E-state index is 0.353. The molecule has 0 spiro atoms. The highest BCUT2D eigenvalue weighted by molar-refractivity contribution is 5.44. The maximum atomic E-state index is 5.51. The molecule has 0 radical (unpaired) electrons. The van der Waals surface area contributed by atoms with Gasteiger partial charge in [0.2, 0.25) is 6.79 Å². The van der Waals surface area contributed by atoms with Crippen LogP contribution in [0, 0.1) is 17.3 Å². The number of allylic oxidation sites excluding steroid dienone is 1. The zero-order valence-corrected chi connectivity index (χ0v) is 16.0. The summed E-state index contributed by atoms with van der Waals surface area (Å²) >= 11 is 0. The summed E-state index contributed by atoms with van der Waals surface area (Å²) in [5.74, 6) is 3.55. The minimum Gasteiger partial charge on any atom is -0.454 e. The van der Waals surface area contributed by atoms with E-state index in [1.54, 1.807) is 5.57 Å². The molecule has 26 heavy (non-hydrogen) atoms. The van der Waals surface area contributed by atoms with Crippen molar-refractivity contribution in [3.63, 3.8) is 0 Å². The van der Waals surface area contributed by atoms with Gasteiger partial charge in [0.1, 0.15) is 0 Å². The van der Waals surface area contributed by atoms with Crippen molar-refractivity contribution in [1.82, 2.24) is 9.80 Å². The Morgan fingerprint density at radius 1 is 1.00 bits per heavy atom. The molecule has 0 aromatic heterocycles. The van der Waals surface area contributed by atoms with E-state index in [1.165, 1.54) is 38.0 Å². The summed E-state index contributed by atoms with van der Waals surface area (Å²) in [6.45, 7) is 12.2. The number of nitrogens with zero attached hydrogens (tertiary/aromatic N) is 2. The Morgan fingerprint density at radius 3 is 2.46 bits per heavy atom. The number of benzene rings is 1. The Bertz CT molecular complexity index is 719. The number of fused-ring (bicyclic) bond motifs is 2. The fourth-order valence-electron chi connectivity index (χ4n) is 5.32. The van der Waals surface area contributed by atoms with Crippen molar-refractivity contribution in [3.8, 4) is 11.5 Å². The summed E-state index contributed by atoms with van der Waals surface area (Å²) in [6.07, 6.45) is 5.30. The van der Waals surface area contributed by atoms with Crippen LogP contribution in [0.3, 0.4) is 0 Å². The molecule has 1 saturated carbocycles. The molecule has 2 aliphatic heterocycles. The lowest BCUT2D eigenvalue weighted by Crippen LogP contribution is -2.52. The number of ether oxygens (including phenoxy) is 2. The molecule has 4 nitrogen and oxygen atoms in total. The molecule has 2 fully saturated rings. The predicted octanol–water partition coefficient (Wildman–Crippen LogP) is 3.53. The van der Waals surface area contributed by atoms with E-state index < -0.39 is 0 Å². The minimum absolute atomic E-state index is 0.353. The van der Waals surface area contributed by atoms with E-state index in [4.69, 9.17) is 9.47 Å². The van der Waals surface area contributed by atoms with Crippen LogP contribution in [-0.2, 0) is 6.54 Å². The van der Waals surface area contributed by atoms with Gasteiger partial charge in [0.25, 0.3) is 0 Å². The van der Waals surface area contributed by atoms with E-state index >= 15 is 0 Å². The summed E-state index contributed by atoms with van der Waals surface area (Å²) in [6, 6.07) is 6.34. The molecule has 2 heterocycles. The smallest absolute Gasteiger partial charge is 0.231 e. The number of rotatable bonds is 4. The molecule has 2 atom stereocenters. The van der Waals surface area contributed by atoms with Crippen LogP contribution in [-0.4, -0.2) is 49.3 Å². The van der Waals surface area contributed by atoms with Gasteiger partial charge in [-0.15, -0.1) is 0 Å². The van der Waals surface area contributed by atoms with Crippen LogP contribution in [0.15, 0.2) is 29.8 Å². The van der Waals surface area contributed by atoms with Crippen molar-refractivity contribution >= 4 is 0 Å². The van der Waals surface area contributed by atoms with Crippen LogP contribution >= 0.6 is 0 Å². The largest absolute Gasteiger partial charge is 0.454 e. The lowest BCUT2D eigenvalue weighted by molar-refractivity contribution is -0.0121. The van der Waals surface area contributed by atoms with Gasteiger partial charge in [-0.2, -0.15) is 0 Å². The van der Waals surface area contributed by atoms with Crippen molar-refractivity contribution in [3.05, 3.63) is 35.4 Å². The lowest BCUT2D eigenvalue weighted by Gasteiger charge is -2.57. The van der Waals surface area contributed by atoms with Crippen LogP contribution < -0.4 is 9.47 Å². The van der Waals surface area contributed by atoms with Gasteiger partial charge in [0, 0.05) is 39.3 Å². The highest BCUT2D eigenvalue weighted by atomic mass is 16.7. The zero-order chi connectivity index (χ0) is 17.7. The van der Waals surface area contributed by atoms with Crippen LogP contribution in [0.2, 0.25) is 0 Å². The highest BCUT2D eigenvalue weighted by Gasteiger charge is 2.51. The Kier molecular flexibility index (Phi) is 4.02. The SMILES string of the molecule is CC1(C)[C@@H]2CC=C(CN3CCN(Cc4ccc5c(c4)OCO5)CC3)[C@H]1C2. The molecule has 4 heteroatoms. The first-order valence-electron chi connectivity index (χ1n) is 10.1. The molecule has 1 saturated heterocycles. The summed E-state index contributed by atoms with van der Waals surface area (Å²) in [5, 5.41) is 0. The molecule has 140 valence electrons. The van der Waals surface area contributed by atoms with Crippen LogP contribution in [0.25, 0.3) is 0 Å². The Hall–Kier alpha value is -1.52. The predicted molar refractivity (Wildman–Crippen MR) is 102 cm³/mol. The molecule has 1 aromatic rings. The maximum absolute atomic E-state index is 5.51. The molecular formula is C22H30N2O2.